The van der Waals surface area contributed by atoms with Crippen LogP contribution in [0.5, 0.6) is 0 Å². The van der Waals surface area contributed by atoms with Crippen molar-refractivity contribution in [3.05, 3.63) is 0 Å². The van der Waals surface area contributed by atoms with Crippen molar-refractivity contribution in [1.29, 1.82) is 0 Å². The summed E-state index contributed by atoms with van der Waals surface area (Å²) in [5, 5.41) is 13.7. The van der Waals surface area contributed by atoms with Crippen LogP contribution >= 0.6 is 7.82 Å². The Hall–Kier alpha value is -0.500. The molecular weight excluding hydrogens is 503 g/mol. The largest absolute Gasteiger partial charge is 0.472 e. The Morgan fingerprint density at radius 2 is 1.26 bits per heavy atom. The smallest absolute Gasteiger partial charge is 0.391 e. The molecule has 0 heterocycles. The number of rotatable bonds is 27. The quantitative estimate of drug-likeness (QED) is 0.0579. The third-order valence-electron chi connectivity index (χ3n) is 6.86. The second-order valence-corrected chi connectivity index (χ2v) is 13.3. The summed E-state index contributed by atoms with van der Waals surface area (Å²) >= 11 is 0. The predicted molar refractivity (Wildman–Crippen MR) is 157 cm³/mol. The Kier molecular flexibility index (Phi) is 22.9. The van der Waals surface area contributed by atoms with E-state index in [0.717, 1.165) is 38.5 Å². The first-order chi connectivity index (χ1) is 18.0. The zero-order valence-corrected chi connectivity index (χ0v) is 26.3. The molecular formula is C29H62N2O6P+. The maximum Gasteiger partial charge on any atom is 0.472 e. The molecule has 0 fully saturated rings. The van der Waals surface area contributed by atoms with Crippen LogP contribution in [-0.2, 0) is 18.4 Å². The third-order valence-corrected chi connectivity index (χ3v) is 7.84. The molecule has 0 spiro atoms. The van der Waals surface area contributed by atoms with Crippen LogP contribution in [0.25, 0.3) is 0 Å². The van der Waals surface area contributed by atoms with Crippen molar-refractivity contribution in [2.24, 2.45) is 0 Å². The molecule has 3 unspecified atom stereocenters. The lowest BCUT2D eigenvalue weighted by Crippen LogP contribution is -2.46. The summed E-state index contributed by atoms with van der Waals surface area (Å²) in [5.74, 6) is -0.154. The zero-order chi connectivity index (χ0) is 28.7. The molecule has 0 bridgehead atoms. The van der Waals surface area contributed by atoms with Gasteiger partial charge in [-0.05, 0) is 12.8 Å². The van der Waals surface area contributed by atoms with Gasteiger partial charge in [0.05, 0.1) is 39.9 Å². The van der Waals surface area contributed by atoms with E-state index in [2.05, 4.69) is 19.2 Å². The van der Waals surface area contributed by atoms with Crippen LogP contribution in [0.3, 0.4) is 0 Å². The summed E-state index contributed by atoms with van der Waals surface area (Å²) in [7, 11) is 1.61. The molecule has 0 aromatic rings. The van der Waals surface area contributed by atoms with E-state index in [1.807, 2.05) is 21.1 Å². The SMILES string of the molecule is CCCCCCCCCCC(=O)NC(COP(=O)(O)OCC[N+](C)(C)C)C(O)CCCCCCCCCC. The van der Waals surface area contributed by atoms with E-state index in [9.17, 15) is 19.4 Å². The lowest BCUT2D eigenvalue weighted by molar-refractivity contribution is -0.870. The minimum atomic E-state index is -4.28. The Balaban J connectivity index is 4.60. The number of hydrogen-bond acceptors (Lipinski definition) is 5. The highest BCUT2D eigenvalue weighted by Gasteiger charge is 2.28. The van der Waals surface area contributed by atoms with Gasteiger partial charge in [-0.2, -0.15) is 0 Å². The fourth-order valence-electron chi connectivity index (χ4n) is 4.28. The standard InChI is InChI=1S/C29H61N2O6P/c1-6-8-10-12-14-16-18-20-22-28(32)27(26-37-38(34,35)36-25-24-31(3,4)5)30-29(33)23-21-19-17-15-13-11-9-7-2/h27-28,32H,6-26H2,1-5H3,(H-,30,33,34,35)/p+1. The van der Waals surface area contributed by atoms with E-state index < -0.39 is 20.0 Å². The highest BCUT2D eigenvalue weighted by Crippen LogP contribution is 2.43. The van der Waals surface area contributed by atoms with E-state index in [0.29, 0.717) is 23.9 Å². The van der Waals surface area contributed by atoms with Crippen LogP contribution < -0.4 is 5.32 Å². The van der Waals surface area contributed by atoms with Gasteiger partial charge < -0.3 is 19.8 Å². The molecule has 0 aliphatic rings. The molecule has 0 aromatic heterocycles. The number of amides is 1. The Bertz CT molecular complexity index is 614. The van der Waals surface area contributed by atoms with Crippen molar-refractivity contribution in [3.63, 3.8) is 0 Å². The van der Waals surface area contributed by atoms with Gasteiger partial charge in [0, 0.05) is 6.42 Å². The summed E-state index contributed by atoms with van der Waals surface area (Å²) in [6.07, 6.45) is 18.5. The molecule has 9 heteroatoms. The van der Waals surface area contributed by atoms with Crippen LogP contribution in [-0.4, -0.2) is 73.4 Å². The summed E-state index contributed by atoms with van der Waals surface area (Å²) in [6.45, 7) is 4.78. The van der Waals surface area contributed by atoms with E-state index in [1.165, 1.54) is 64.2 Å². The molecule has 3 atom stereocenters. The van der Waals surface area contributed by atoms with Gasteiger partial charge in [0.25, 0.3) is 0 Å². The fourth-order valence-corrected chi connectivity index (χ4v) is 5.01. The normalized spacial score (nSPS) is 15.2. The number of hydrogen-bond donors (Lipinski definition) is 3. The first kappa shape index (κ1) is 37.5. The fraction of sp³-hybridized carbons (Fsp3) is 0.966. The first-order valence-electron chi connectivity index (χ1n) is 15.4. The molecule has 0 aromatic carbocycles. The molecule has 8 nitrogen and oxygen atoms in total. The van der Waals surface area contributed by atoms with E-state index in [4.69, 9.17) is 9.05 Å². The van der Waals surface area contributed by atoms with Gasteiger partial charge in [-0.15, -0.1) is 0 Å². The van der Waals surface area contributed by atoms with Crippen molar-refractivity contribution in [3.8, 4) is 0 Å². The second kappa shape index (κ2) is 23.2. The first-order valence-corrected chi connectivity index (χ1v) is 16.9. The maximum atomic E-state index is 12.6. The van der Waals surface area contributed by atoms with Gasteiger partial charge >= 0.3 is 7.82 Å². The second-order valence-electron chi connectivity index (χ2n) is 11.8. The van der Waals surface area contributed by atoms with Gasteiger partial charge in [-0.1, -0.05) is 110 Å². The van der Waals surface area contributed by atoms with E-state index >= 15 is 0 Å². The minimum Gasteiger partial charge on any atom is -0.391 e. The molecule has 0 aliphatic carbocycles. The van der Waals surface area contributed by atoms with Crippen molar-refractivity contribution >= 4 is 13.7 Å². The van der Waals surface area contributed by atoms with Crippen molar-refractivity contribution in [2.45, 2.75) is 142 Å². The molecule has 3 N–H and O–H groups in total. The number of carbonyl (C=O) groups is 1. The number of nitrogens with zero attached hydrogens (tertiary/aromatic N) is 1. The molecule has 0 saturated carbocycles. The molecule has 228 valence electrons. The summed E-state index contributed by atoms with van der Waals surface area (Å²) < 4.78 is 23.3. The van der Waals surface area contributed by atoms with Crippen LogP contribution in [0.15, 0.2) is 0 Å². The number of likely N-dealkylation sites (N-methyl/N-ethyl adjacent to an activating group) is 1. The lowest BCUT2D eigenvalue weighted by atomic mass is 10.0. The number of unbranched alkanes of at least 4 members (excludes halogenated alkanes) is 14. The van der Waals surface area contributed by atoms with Crippen LogP contribution in [0, 0.1) is 0 Å². The number of phosphoric acid groups is 1. The Labute approximate surface area is 234 Å². The van der Waals surface area contributed by atoms with Crippen LogP contribution in [0.1, 0.15) is 129 Å². The molecule has 0 saturated heterocycles. The number of nitrogens with one attached hydrogen (secondary N) is 1. The third kappa shape index (κ3) is 24.5. The number of quaternary nitrogens is 1. The minimum absolute atomic E-state index is 0.0769. The van der Waals surface area contributed by atoms with Crippen molar-refractivity contribution < 1.29 is 32.9 Å². The monoisotopic (exact) mass is 565 g/mol. The number of aliphatic hydroxyl groups is 1. The summed E-state index contributed by atoms with van der Waals surface area (Å²) in [6, 6.07) is -0.747. The number of phosphoric ester groups is 1. The average molecular weight is 566 g/mol. The zero-order valence-electron chi connectivity index (χ0n) is 25.4. The molecule has 0 aliphatic heterocycles. The lowest BCUT2D eigenvalue weighted by Gasteiger charge is -2.26. The van der Waals surface area contributed by atoms with Gasteiger partial charge in [0.2, 0.25) is 5.91 Å². The molecule has 1 amide bonds. The Morgan fingerprint density at radius 1 is 0.789 bits per heavy atom. The predicted octanol–water partition coefficient (Wildman–Crippen LogP) is 6.73. The average Bonchev–Trinajstić information content (AvgIpc) is 2.84. The highest BCUT2D eigenvalue weighted by molar-refractivity contribution is 7.47. The van der Waals surface area contributed by atoms with Crippen molar-refractivity contribution in [1.82, 2.24) is 5.32 Å². The Morgan fingerprint density at radius 3 is 1.76 bits per heavy atom. The van der Waals surface area contributed by atoms with Gasteiger partial charge in [-0.25, -0.2) is 4.57 Å². The molecule has 0 radical (unpaired) electrons. The van der Waals surface area contributed by atoms with E-state index in [1.54, 1.807) is 0 Å². The highest BCUT2D eigenvalue weighted by atomic mass is 31.2. The van der Waals surface area contributed by atoms with E-state index in [-0.39, 0.29) is 19.1 Å². The van der Waals surface area contributed by atoms with Crippen LogP contribution in [0.2, 0.25) is 0 Å². The summed E-state index contributed by atoms with van der Waals surface area (Å²) in [4.78, 5) is 22.7. The van der Waals surface area contributed by atoms with Gasteiger partial charge in [0.15, 0.2) is 0 Å². The maximum absolute atomic E-state index is 12.6. The topological polar surface area (TPSA) is 105 Å². The molecule has 0 rings (SSSR count). The van der Waals surface area contributed by atoms with Crippen molar-refractivity contribution in [2.75, 3.05) is 40.9 Å². The number of aliphatic hydroxyl groups excluding tert-OH is 1. The summed E-state index contributed by atoms with van der Waals surface area (Å²) in [5.41, 5.74) is 0. The van der Waals surface area contributed by atoms with Gasteiger partial charge in [-0.3, -0.25) is 13.8 Å². The van der Waals surface area contributed by atoms with Crippen LogP contribution in [0.4, 0.5) is 0 Å². The number of carbonyl (C=O) groups excluding carboxylic acids is 1. The van der Waals surface area contributed by atoms with Gasteiger partial charge in [0.1, 0.15) is 13.2 Å². The molecule has 38 heavy (non-hydrogen) atoms.